The van der Waals surface area contributed by atoms with Crippen molar-refractivity contribution in [3.63, 3.8) is 0 Å². The number of carboxylic acid groups (broad SMARTS) is 1. The Bertz CT molecular complexity index is 230. The van der Waals surface area contributed by atoms with Gasteiger partial charge in [0.2, 0.25) is 5.91 Å². The number of aliphatic carboxylic acids is 1. The van der Waals surface area contributed by atoms with Gasteiger partial charge < -0.3 is 14.8 Å². The van der Waals surface area contributed by atoms with Crippen molar-refractivity contribution >= 4 is 21.6 Å². The highest BCUT2D eigenvalue weighted by atomic mass is 28.2. The molecule has 5 nitrogen and oxygen atoms in total. The van der Waals surface area contributed by atoms with E-state index >= 15 is 0 Å². The van der Waals surface area contributed by atoms with Gasteiger partial charge in [-0.2, -0.15) is 0 Å². The fraction of sp³-hybridized carbons (Fsp3) is 0.556. The van der Waals surface area contributed by atoms with Crippen LogP contribution in [0, 0.1) is 0 Å². The Morgan fingerprint density at radius 2 is 2.20 bits per heavy atom. The van der Waals surface area contributed by atoms with Crippen LogP contribution in [-0.4, -0.2) is 39.9 Å². The van der Waals surface area contributed by atoms with Gasteiger partial charge in [-0.1, -0.05) is 0 Å². The molecular formula is C9H17NO4Si. The molecule has 0 aliphatic rings. The fourth-order valence-electron chi connectivity index (χ4n) is 0.891. The van der Waals surface area contributed by atoms with Crippen LogP contribution in [0.5, 0.6) is 0 Å². The topological polar surface area (TPSA) is 75.6 Å². The Kier molecular flexibility index (Phi) is 8.70. The van der Waals surface area contributed by atoms with Gasteiger partial charge in [-0.25, -0.2) is 4.79 Å². The molecule has 0 aliphatic heterocycles. The molecule has 0 aromatic carbocycles. The van der Waals surface area contributed by atoms with Gasteiger partial charge in [0, 0.05) is 25.3 Å². The minimum Gasteiger partial charge on any atom is -0.478 e. The second-order valence-electron chi connectivity index (χ2n) is 2.87. The smallest absolute Gasteiger partial charge is 0.328 e. The van der Waals surface area contributed by atoms with Gasteiger partial charge in [0.1, 0.15) is 0 Å². The molecule has 0 radical (unpaired) electrons. The molecular weight excluding hydrogens is 214 g/mol. The van der Waals surface area contributed by atoms with E-state index in [0.29, 0.717) is 6.54 Å². The molecule has 0 heterocycles. The van der Waals surface area contributed by atoms with Gasteiger partial charge in [-0.15, -0.1) is 0 Å². The average Bonchev–Trinajstić information content (AvgIpc) is 2.20. The van der Waals surface area contributed by atoms with E-state index in [2.05, 4.69) is 5.32 Å². The predicted molar refractivity (Wildman–Crippen MR) is 59.4 cm³/mol. The largest absolute Gasteiger partial charge is 0.478 e. The maximum absolute atomic E-state index is 11.0. The summed E-state index contributed by atoms with van der Waals surface area (Å²) in [6.07, 6.45) is 2.73. The quantitative estimate of drug-likeness (QED) is 0.341. The Morgan fingerprint density at radius 1 is 1.47 bits per heavy atom. The highest BCUT2D eigenvalue weighted by Gasteiger charge is 1.96. The molecule has 0 atom stereocenters. The summed E-state index contributed by atoms with van der Waals surface area (Å²) in [5, 5.41) is 10.8. The first-order valence-corrected chi connectivity index (χ1v) is 6.51. The van der Waals surface area contributed by atoms with E-state index in [1.165, 1.54) is 0 Å². The van der Waals surface area contributed by atoms with Crippen molar-refractivity contribution in [2.24, 2.45) is 0 Å². The SMILES string of the molecule is CCO[SiH2]CCCNC(=O)/C=C\C(=O)O. The Morgan fingerprint density at radius 3 is 2.80 bits per heavy atom. The van der Waals surface area contributed by atoms with Crippen molar-refractivity contribution in [3.05, 3.63) is 12.2 Å². The molecule has 0 aliphatic carbocycles. The molecule has 0 aromatic heterocycles. The van der Waals surface area contributed by atoms with Crippen LogP contribution in [0.1, 0.15) is 13.3 Å². The second kappa shape index (κ2) is 9.41. The molecule has 0 spiro atoms. The zero-order valence-corrected chi connectivity index (χ0v) is 10.3. The summed E-state index contributed by atoms with van der Waals surface area (Å²) in [5.41, 5.74) is 0. The number of carbonyl (C=O) groups is 2. The zero-order valence-electron chi connectivity index (χ0n) is 8.86. The summed E-state index contributed by atoms with van der Waals surface area (Å²) >= 11 is 0. The van der Waals surface area contributed by atoms with Gasteiger partial charge in [-0.05, 0) is 19.4 Å². The first-order chi connectivity index (χ1) is 7.16. The van der Waals surface area contributed by atoms with E-state index in [1.807, 2.05) is 6.92 Å². The van der Waals surface area contributed by atoms with Crippen LogP contribution in [0.2, 0.25) is 6.04 Å². The highest BCUT2D eigenvalue weighted by molar-refractivity contribution is 6.26. The maximum atomic E-state index is 11.0. The van der Waals surface area contributed by atoms with E-state index in [9.17, 15) is 9.59 Å². The zero-order chi connectivity index (χ0) is 11.5. The minimum absolute atomic E-state index is 0.365. The predicted octanol–water partition coefficient (Wildman–Crippen LogP) is -0.328. The van der Waals surface area contributed by atoms with Gasteiger partial charge >= 0.3 is 5.97 Å². The first-order valence-electron chi connectivity index (χ1n) is 4.93. The normalized spacial score (nSPS) is 11.3. The van der Waals surface area contributed by atoms with Crippen LogP contribution in [0.25, 0.3) is 0 Å². The highest BCUT2D eigenvalue weighted by Crippen LogP contribution is 1.87. The molecule has 0 saturated carbocycles. The molecule has 0 saturated heterocycles. The van der Waals surface area contributed by atoms with Gasteiger partial charge in [-0.3, -0.25) is 4.79 Å². The number of hydrogen-bond donors (Lipinski definition) is 2. The molecule has 2 N–H and O–H groups in total. The average molecular weight is 231 g/mol. The molecule has 86 valence electrons. The molecule has 0 aromatic rings. The van der Waals surface area contributed by atoms with E-state index in [1.54, 1.807) is 0 Å². The van der Waals surface area contributed by atoms with Crippen molar-refractivity contribution in [2.75, 3.05) is 13.2 Å². The van der Waals surface area contributed by atoms with Crippen LogP contribution in [0.15, 0.2) is 12.2 Å². The lowest BCUT2D eigenvalue weighted by atomic mass is 10.4. The van der Waals surface area contributed by atoms with Crippen molar-refractivity contribution in [1.82, 2.24) is 5.32 Å². The number of amides is 1. The Balaban J connectivity index is 3.35. The van der Waals surface area contributed by atoms with E-state index in [0.717, 1.165) is 31.2 Å². The van der Waals surface area contributed by atoms with Crippen molar-refractivity contribution < 1.29 is 19.1 Å². The number of carboxylic acids is 1. The molecule has 15 heavy (non-hydrogen) atoms. The molecule has 0 fully saturated rings. The number of hydrogen-bond acceptors (Lipinski definition) is 3. The van der Waals surface area contributed by atoms with E-state index in [4.69, 9.17) is 9.53 Å². The lowest BCUT2D eigenvalue weighted by molar-refractivity contribution is -0.131. The van der Waals surface area contributed by atoms with Crippen molar-refractivity contribution in [3.8, 4) is 0 Å². The molecule has 0 bridgehead atoms. The third-order valence-electron chi connectivity index (χ3n) is 1.60. The van der Waals surface area contributed by atoms with Crippen LogP contribution in [-0.2, 0) is 14.0 Å². The lowest BCUT2D eigenvalue weighted by Gasteiger charge is -2.01. The standard InChI is InChI=1S/C9H17NO4Si/c1-2-14-15-7-3-6-10-8(11)4-5-9(12)13/h4-5H,2-3,6-7,15H2,1H3,(H,10,11)(H,12,13)/b5-4-. The van der Waals surface area contributed by atoms with Crippen molar-refractivity contribution in [1.29, 1.82) is 0 Å². The Hall–Kier alpha value is -1.14. The number of rotatable bonds is 8. The second-order valence-corrected chi connectivity index (χ2v) is 4.39. The van der Waals surface area contributed by atoms with E-state index in [-0.39, 0.29) is 5.91 Å². The Labute approximate surface area is 91.4 Å². The minimum atomic E-state index is -1.12. The van der Waals surface area contributed by atoms with E-state index < -0.39 is 15.7 Å². The number of carbonyl (C=O) groups excluding carboxylic acids is 1. The molecule has 1 amide bonds. The summed E-state index contributed by atoms with van der Waals surface area (Å²) in [7, 11) is -0.421. The third-order valence-corrected chi connectivity index (χ3v) is 3.08. The van der Waals surface area contributed by atoms with Crippen LogP contribution < -0.4 is 5.32 Å². The summed E-state index contributed by atoms with van der Waals surface area (Å²) in [6, 6.07) is 1.02. The number of nitrogens with one attached hydrogen (secondary N) is 1. The van der Waals surface area contributed by atoms with Crippen molar-refractivity contribution in [2.45, 2.75) is 19.4 Å². The molecule has 6 heteroatoms. The molecule has 0 rings (SSSR count). The maximum Gasteiger partial charge on any atom is 0.328 e. The van der Waals surface area contributed by atoms with Gasteiger partial charge in [0.25, 0.3) is 0 Å². The monoisotopic (exact) mass is 231 g/mol. The van der Waals surface area contributed by atoms with Crippen LogP contribution in [0.4, 0.5) is 0 Å². The molecule has 0 unspecified atom stereocenters. The van der Waals surface area contributed by atoms with Gasteiger partial charge in [0.15, 0.2) is 9.76 Å². The fourth-order valence-corrected chi connectivity index (χ4v) is 1.84. The van der Waals surface area contributed by atoms with Gasteiger partial charge in [0.05, 0.1) is 0 Å². The summed E-state index contributed by atoms with van der Waals surface area (Å²) in [4.78, 5) is 21.0. The first kappa shape index (κ1) is 13.9. The van der Waals surface area contributed by atoms with Crippen LogP contribution >= 0.6 is 0 Å². The summed E-state index contributed by atoms with van der Waals surface area (Å²) in [5.74, 6) is -1.48. The summed E-state index contributed by atoms with van der Waals surface area (Å²) < 4.78 is 5.25. The summed E-state index contributed by atoms with van der Waals surface area (Å²) in [6.45, 7) is 3.30. The lowest BCUT2D eigenvalue weighted by Crippen LogP contribution is -2.22. The van der Waals surface area contributed by atoms with Crippen LogP contribution in [0.3, 0.4) is 0 Å². The third kappa shape index (κ3) is 10.8.